The van der Waals surface area contributed by atoms with Gasteiger partial charge in [-0.15, -0.1) is 0 Å². The molecular weight excluding hydrogens is 180 g/mol. The lowest BCUT2D eigenvalue weighted by atomic mass is 10.1. The molecule has 0 unspecified atom stereocenters. The Morgan fingerprint density at radius 3 is 2.79 bits per heavy atom. The number of esters is 1. The van der Waals surface area contributed by atoms with Gasteiger partial charge in [0.05, 0.1) is 7.11 Å². The van der Waals surface area contributed by atoms with Gasteiger partial charge in [-0.2, -0.15) is 0 Å². The lowest BCUT2D eigenvalue weighted by molar-refractivity contribution is 0.0601. The van der Waals surface area contributed by atoms with Crippen LogP contribution in [-0.2, 0) is 4.74 Å². The van der Waals surface area contributed by atoms with Gasteiger partial charge in [0, 0.05) is 5.39 Å². The van der Waals surface area contributed by atoms with Crippen LogP contribution in [0.4, 0.5) is 0 Å². The van der Waals surface area contributed by atoms with Gasteiger partial charge in [0.2, 0.25) is 0 Å². The summed E-state index contributed by atoms with van der Waals surface area (Å²) in [7, 11) is 1.36. The van der Waals surface area contributed by atoms with Crippen LogP contribution in [0.15, 0.2) is 28.7 Å². The summed E-state index contributed by atoms with van der Waals surface area (Å²) in [6.07, 6.45) is 0. The van der Waals surface area contributed by atoms with Crippen molar-refractivity contribution in [3.63, 3.8) is 0 Å². The summed E-state index contributed by atoms with van der Waals surface area (Å²) in [4.78, 5) is 11.4. The number of aryl methyl sites for hydroxylation is 1. The number of furan rings is 1. The second-order valence-electron chi connectivity index (χ2n) is 3.02. The Hall–Kier alpha value is -1.77. The smallest absolute Gasteiger partial charge is 0.342 e. The minimum atomic E-state index is -0.354. The van der Waals surface area contributed by atoms with E-state index in [9.17, 15) is 4.79 Å². The fraction of sp³-hybridized carbons (Fsp3) is 0.182. The van der Waals surface area contributed by atoms with Crippen LogP contribution in [0.2, 0.25) is 0 Å². The van der Waals surface area contributed by atoms with Crippen LogP contribution in [0.25, 0.3) is 11.0 Å². The van der Waals surface area contributed by atoms with Crippen LogP contribution in [0.5, 0.6) is 0 Å². The van der Waals surface area contributed by atoms with Gasteiger partial charge < -0.3 is 9.15 Å². The molecule has 14 heavy (non-hydrogen) atoms. The van der Waals surface area contributed by atoms with E-state index in [-0.39, 0.29) is 5.97 Å². The fourth-order valence-electron chi connectivity index (χ4n) is 1.52. The van der Waals surface area contributed by atoms with Crippen molar-refractivity contribution < 1.29 is 13.9 Å². The molecule has 0 fully saturated rings. The van der Waals surface area contributed by atoms with E-state index >= 15 is 0 Å². The normalized spacial score (nSPS) is 10.4. The lowest BCUT2D eigenvalue weighted by Gasteiger charge is -1.96. The summed E-state index contributed by atoms with van der Waals surface area (Å²) >= 11 is 0. The molecule has 0 aliphatic rings. The first-order valence-corrected chi connectivity index (χ1v) is 4.30. The van der Waals surface area contributed by atoms with Crippen molar-refractivity contribution in [2.45, 2.75) is 6.92 Å². The minimum absolute atomic E-state index is 0.354. The summed E-state index contributed by atoms with van der Waals surface area (Å²) in [6, 6.07) is 7.41. The van der Waals surface area contributed by atoms with Gasteiger partial charge in [0.15, 0.2) is 0 Å². The standard InChI is InChI=1S/C11H10O3/c1-7-10(11(12)13-2)8-5-3-4-6-9(8)14-7/h3-6H,1-2H3. The van der Waals surface area contributed by atoms with Crippen LogP contribution < -0.4 is 0 Å². The van der Waals surface area contributed by atoms with Crippen LogP contribution in [0, 0.1) is 6.92 Å². The minimum Gasteiger partial charge on any atom is -0.465 e. The Morgan fingerprint density at radius 1 is 1.36 bits per heavy atom. The summed E-state index contributed by atoms with van der Waals surface area (Å²) in [5.41, 5.74) is 1.23. The molecule has 0 saturated heterocycles. The monoisotopic (exact) mass is 190 g/mol. The summed E-state index contributed by atoms with van der Waals surface area (Å²) in [6.45, 7) is 1.76. The third kappa shape index (κ3) is 1.18. The summed E-state index contributed by atoms with van der Waals surface area (Å²) < 4.78 is 10.1. The van der Waals surface area contributed by atoms with Gasteiger partial charge in [-0.05, 0) is 13.0 Å². The third-order valence-electron chi connectivity index (χ3n) is 2.16. The molecule has 2 rings (SSSR count). The number of hydrogen-bond acceptors (Lipinski definition) is 3. The lowest BCUT2D eigenvalue weighted by Crippen LogP contribution is -2.01. The second-order valence-corrected chi connectivity index (χ2v) is 3.02. The first-order valence-electron chi connectivity index (χ1n) is 4.30. The first-order chi connectivity index (χ1) is 6.74. The molecule has 1 aromatic heterocycles. The summed E-state index contributed by atoms with van der Waals surface area (Å²) in [5.74, 6) is 0.241. The topological polar surface area (TPSA) is 39.4 Å². The predicted molar refractivity (Wildman–Crippen MR) is 52.3 cm³/mol. The molecule has 0 amide bonds. The number of methoxy groups -OCH3 is 1. The molecule has 0 bridgehead atoms. The van der Waals surface area contributed by atoms with Crippen molar-refractivity contribution in [1.29, 1.82) is 0 Å². The van der Waals surface area contributed by atoms with Crippen molar-refractivity contribution >= 4 is 16.9 Å². The molecule has 0 N–H and O–H groups in total. The maximum atomic E-state index is 11.4. The fourth-order valence-corrected chi connectivity index (χ4v) is 1.52. The largest absolute Gasteiger partial charge is 0.465 e. The highest BCUT2D eigenvalue weighted by molar-refractivity contribution is 6.04. The molecule has 72 valence electrons. The van der Waals surface area contributed by atoms with Crippen LogP contribution in [0.3, 0.4) is 0 Å². The molecule has 1 aromatic carbocycles. The highest BCUT2D eigenvalue weighted by Crippen LogP contribution is 2.25. The van der Waals surface area contributed by atoms with Gasteiger partial charge in [-0.25, -0.2) is 4.79 Å². The number of carbonyl (C=O) groups is 1. The molecule has 0 spiro atoms. The molecular formula is C11H10O3. The number of fused-ring (bicyclic) bond motifs is 1. The third-order valence-corrected chi connectivity index (χ3v) is 2.16. The SMILES string of the molecule is COC(=O)c1c(C)oc2ccccc12. The number of ether oxygens (including phenoxy) is 1. The van der Waals surface area contributed by atoms with Gasteiger partial charge in [-0.1, -0.05) is 18.2 Å². The Labute approximate surface area is 81.3 Å². The Kier molecular flexibility index (Phi) is 2.00. The molecule has 0 saturated carbocycles. The van der Waals surface area contributed by atoms with E-state index in [4.69, 9.17) is 4.42 Å². The van der Waals surface area contributed by atoms with Crippen molar-refractivity contribution in [3.8, 4) is 0 Å². The predicted octanol–water partition coefficient (Wildman–Crippen LogP) is 2.53. The molecule has 3 nitrogen and oxygen atoms in total. The van der Waals surface area contributed by atoms with Crippen LogP contribution >= 0.6 is 0 Å². The molecule has 0 atom stereocenters. The molecule has 0 aliphatic heterocycles. The van der Waals surface area contributed by atoms with E-state index in [1.165, 1.54) is 7.11 Å². The van der Waals surface area contributed by atoms with Crippen LogP contribution in [0.1, 0.15) is 16.1 Å². The van der Waals surface area contributed by atoms with Gasteiger partial charge in [0.25, 0.3) is 0 Å². The van der Waals surface area contributed by atoms with E-state index in [1.54, 1.807) is 6.92 Å². The Bertz CT molecular complexity index is 482. The van der Waals surface area contributed by atoms with Crippen molar-refractivity contribution in [1.82, 2.24) is 0 Å². The van der Waals surface area contributed by atoms with E-state index in [0.29, 0.717) is 16.9 Å². The summed E-state index contributed by atoms with van der Waals surface area (Å²) in [5, 5.41) is 0.803. The average molecular weight is 190 g/mol. The maximum Gasteiger partial charge on any atom is 0.342 e. The van der Waals surface area contributed by atoms with Crippen molar-refractivity contribution in [2.75, 3.05) is 7.11 Å². The zero-order valence-corrected chi connectivity index (χ0v) is 8.03. The maximum absolute atomic E-state index is 11.4. The number of benzene rings is 1. The van der Waals surface area contributed by atoms with E-state index in [1.807, 2.05) is 24.3 Å². The first kappa shape index (κ1) is 8.81. The second kappa shape index (κ2) is 3.18. The molecule has 0 radical (unpaired) electrons. The molecule has 0 aliphatic carbocycles. The number of carbonyl (C=O) groups excluding carboxylic acids is 1. The molecule has 3 heteroatoms. The van der Waals surface area contributed by atoms with Gasteiger partial charge in [0.1, 0.15) is 16.9 Å². The van der Waals surface area contributed by atoms with Gasteiger partial charge >= 0.3 is 5.97 Å². The number of rotatable bonds is 1. The Balaban J connectivity index is 2.74. The van der Waals surface area contributed by atoms with Crippen molar-refractivity contribution in [2.24, 2.45) is 0 Å². The zero-order valence-electron chi connectivity index (χ0n) is 8.03. The molecule has 2 aromatic rings. The molecule has 1 heterocycles. The number of hydrogen-bond donors (Lipinski definition) is 0. The highest BCUT2D eigenvalue weighted by atomic mass is 16.5. The van der Waals surface area contributed by atoms with Crippen LogP contribution in [-0.4, -0.2) is 13.1 Å². The van der Waals surface area contributed by atoms with Gasteiger partial charge in [-0.3, -0.25) is 0 Å². The average Bonchev–Trinajstić information content (AvgIpc) is 2.53. The van der Waals surface area contributed by atoms with E-state index in [2.05, 4.69) is 4.74 Å². The quantitative estimate of drug-likeness (QED) is 0.648. The highest BCUT2D eigenvalue weighted by Gasteiger charge is 2.17. The Morgan fingerprint density at radius 2 is 2.07 bits per heavy atom. The van der Waals surface area contributed by atoms with E-state index < -0.39 is 0 Å². The number of para-hydroxylation sites is 1. The van der Waals surface area contributed by atoms with E-state index in [0.717, 1.165) is 5.39 Å². The van der Waals surface area contributed by atoms with Crippen molar-refractivity contribution in [3.05, 3.63) is 35.6 Å². The zero-order chi connectivity index (χ0) is 10.1.